The van der Waals surface area contributed by atoms with Crippen LogP contribution in [0.5, 0.6) is 0 Å². The maximum Gasteiger partial charge on any atom is 0.307 e. The Hall–Kier alpha value is -2.94. The number of hydrogen-bond donors (Lipinski definition) is 2. The van der Waals surface area contributed by atoms with Gasteiger partial charge in [-0.05, 0) is 11.1 Å². The van der Waals surface area contributed by atoms with Crippen molar-refractivity contribution in [1.82, 2.24) is 9.97 Å². The van der Waals surface area contributed by atoms with E-state index in [1.807, 2.05) is 18.2 Å². The van der Waals surface area contributed by atoms with Gasteiger partial charge in [-0.25, -0.2) is 9.97 Å². The van der Waals surface area contributed by atoms with Crippen molar-refractivity contribution in [2.45, 2.75) is 13.0 Å². The molecule has 6 heteroatoms. The van der Waals surface area contributed by atoms with Crippen LogP contribution in [0, 0.1) is 11.3 Å². The van der Waals surface area contributed by atoms with E-state index in [0.29, 0.717) is 12.4 Å². The molecule has 0 aliphatic heterocycles. The molecule has 0 radical (unpaired) electrons. The number of aliphatic carboxylic acids is 1. The first-order valence-corrected chi connectivity index (χ1v) is 5.94. The lowest BCUT2D eigenvalue weighted by Crippen LogP contribution is -2.09. The van der Waals surface area contributed by atoms with Crippen molar-refractivity contribution in [3.8, 4) is 6.07 Å². The van der Waals surface area contributed by atoms with Gasteiger partial charge in [-0.1, -0.05) is 24.3 Å². The van der Waals surface area contributed by atoms with Crippen molar-refractivity contribution in [2.24, 2.45) is 0 Å². The highest BCUT2D eigenvalue weighted by Gasteiger charge is 2.08. The smallest absolute Gasteiger partial charge is 0.307 e. The molecule has 0 bridgehead atoms. The second-order valence-corrected chi connectivity index (χ2v) is 4.06. The lowest BCUT2D eigenvalue weighted by atomic mass is 10.0. The minimum Gasteiger partial charge on any atom is -0.481 e. The summed E-state index contributed by atoms with van der Waals surface area (Å²) in [7, 11) is 0. The Morgan fingerprint density at radius 3 is 2.65 bits per heavy atom. The summed E-state index contributed by atoms with van der Waals surface area (Å²) in [6.45, 7) is 0.386. The Kier molecular flexibility index (Phi) is 4.24. The Morgan fingerprint density at radius 1 is 1.25 bits per heavy atom. The second kappa shape index (κ2) is 6.29. The van der Waals surface area contributed by atoms with E-state index in [2.05, 4.69) is 15.3 Å². The maximum absolute atomic E-state index is 10.8. The van der Waals surface area contributed by atoms with Crippen molar-refractivity contribution in [2.75, 3.05) is 5.32 Å². The largest absolute Gasteiger partial charge is 0.481 e. The molecule has 0 unspecified atom stereocenters. The average molecular weight is 268 g/mol. The molecule has 0 spiro atoms. The molecule has 6 nitrogen and oxygen atoms in total. The zero-order valence-corrected chi connectivity index (χ0v) is 10.6. The fourth-order valence-corrected chi connectivity index (χ4v) is 1.79. The van der Waals surface area contributed by atoms with Gasteiger partial charge in [0.05, 0.1) is 6.42 Å². The Labute approximate surface area is 115 Å². The molecule has 0 saturated heterocycles. The molecule has 1 heterocycles. The number of rotatable bonds is 5. The Bertz CT molecular complexity index is 664. The average Bonchev–Trinajstić information content (AvgIpc) is 2.46. The summed E-state index contributed by atoms with van der Waals surface area (Å²) in [6, 6.07) is 9.19. The van der Waals surface area contributed by atoms with Crippen LogP contribution in [0.25, 0.3) is 0 Å². The van der Waals surface area contributed by atoms with Gasteiger partial charge in [0, 0.05) is 18.9 Å². The molecule has 2 aromatic rings. The highest BCUT2D eigenvalue weighted by molar-refractivity contribution is 5.70. The summed E-state index contributed by atoms with van der Waals surface area (Å²) in [4.78, 5) is 18.8. The fraction of sp³-hybridized carbons (Fsp3) is 0.143. The molecule has 0 atom stereocenters. The lowest BCUT2D eigenvalue weighted by Gasteiger charge is -2.10. The molecule has 0 aliphatic carbocycles. The van der Waals surface area contributed by atoms with E-state index in [9.17, 15) is 4.79 Å². The Balaban J connectivity index is 2.15. The topological polar surface area (TPSA) is 98.9 Å². The first-order chi connectivity index (χ1) is 9.70. The zero-order valence-electron chi connectivity index (χ0n) is 10.6. The van der Waals surface area contributed by atoms with Crippen LogP contribution in [-0.4, -0.2) is 21.0 Å². The van der Waals surface area contributed by atoms with E-state index in [1.54, 1.807) is 12.1 Å². The number of nitrogens with zero attached hydrogens (tertiary/aromatic N) is 3. The molecule has 1 aromatic heterocycles. The predicted molar refractivity (Wildman–Crippen MR) is 71.9 cm³/mol. The molecular weight excluding hydrogens is 256 g/mol. The van der Waals surface area contributed by atoms with Gasteiger partial charge in [-0.15, -0.1) is 0 Å². The number of aromatic nitrogens is 2. The van der Waals surface area contributed by atoms with Gasteiger partial charge in [-0.3, -0.25) is 4.79 Å². The summed E-state index contributed by atoms with van der Waals surface area (Å²) in [6.07, 6.45) is 2.90. The predicted octanol–water partition coefficient (Wildman–Crippen LogP) is 1.59. The molecule has 100 valence electrons. The standard InChI is InChI=1S/C14H12N4O2/c15-8-12-14(17-6-5-16-12)18-9-11-4-2-1-3-10(11)7-13(19)20/h1-6H,7,9H2,(H,17,18)(H,19,20). The van der Waals surface area contributed by atoms with Crippen LogP contribution in [0.15, 0.2) is 36.7 Å². The minimum absolute atomic E-state index is 0.0383. The molecule has 0 saturated carbocycles. The van der Waals surface area contributed by atoms with Crippen LogP contribution < -0.4 is 5.32 Å². The van der Waals surface area contributed by atoms with Gasteiger partial charge in [0.1, 0.15) is 6.07 Å². The van der Waals surface area contributed by atoms with Crippen LogP contribution in [0.4, 0.5) is 5.82 Å². The number of nitriles is 1. The molecular formula is C14H12N4O2. The molecule has 0 amide bonds. The monoisotopic (exact) mass is 268 g/mol. The van der Waals surface area contributed by atoms with Crippen molar-refractivity contribution in [3.05, 3.63) is 53.5 Å². The molecule has 2 rings (SSSR count). The summed E-state index contributed by atoms with van der Waals surface area (Å²) in [5, 5.41) is 20.8. The highest BCUT2D eigenvalue weighted by Crippen LogP contribution is 2.13. The maximum atomic E-state index is 10.8. The van der Waals surface area contributed by atoms with Crippen molar-refractivity contribution >= 4 is 11.8 Å². The highest BCUT2D eigenvalue weighted by atomic mass is 16.4. The first kappa shape index (κ1) is 13.5. The number of carboxylic acids is 1. The van der Waals surface area contributed by atoms with Crippen LogP contribution in [-0.2, 0) is 17.8 Å². The third-order valence-electron chi connectivity index (χ3n) is 2.71. The molecule has 20 heavy (non-hydrogen) atoms. The summed E-state index contributed by atoms with van der Waals surface area (Å²) < 4.78 is 0. The van der Waals surface area contributed by atoms with E-state index >= 15 is 0 Å². The van der Waals surface area contributed by atoms with E-state index in [4.69, 9.17) is 10.4 Å². The van der Waals surface area contributed by atoms with Crippen LogP contribution in [0.1, 0.15) is 16.8 Å². The number of benzene rings is 1. The van der Waals surface area contributed by atoms with Crippen LogP contribution in [0.2, 0.25) is 0 Å². The zero-order chi connectivity index (χ0) is 14.4. The van der Waals surface area contributed by atoms with Gasteiger partial charge < -0.3 is 10.4 Å². The number of carbonyl (C=O) groups is 1. The third-order valence-corrected chi connectivity index (χ3v) is 2.71. The van der Waals surface area contributed by atoms with Crippen LogP contribution in [0.3, 0.4) is 0 Å². The van der Waals surface area contributed by atoms with Gasteiger partial charge in [0.2, 0.25) is 0 Å². The Morgan fingerprint density at radius 2 is 1.95 bits per heavy atom. The minimum atomic E-state index is -0.880. The molecule has 2 N–H and O–H groups in total. The molecule has 0 fully saturated rings. The summed E-state index contributed by atoms with van der Waals surface area (Å²) >= 11 is 0. The number of anilines is 1. The van der Waals surface area contributed by atoms with Gasteiger partial charge >= 0.3 is 5.97 Å². The molecule has 1 aromatic carbocycles. The molecule has 0 aliphatic rings. The van der Waals surface area contributed by atoms with Crippen LogP contribution >= 0.6 is 0 Å². The lowest BCUT2D eigenvalue weighted by molar-refractivity contribution is -0.136. The van der Waals surface area contributed by atoms with E-state index in [0.717, 1.165) is 11.1 Å². The fourth-order valence-electron chi connectivity index (χ4n) is 1.79. The number of carboxylic acid groups (broad SMARTS) is 1. The van der Waals surface area contributed by atoms with Gasteiger partial charge in [-0.2, -0.15) is 5.26 Å². The van der Waals surface area contributed by atoms with Gasteiger partial charge in [0.15, 0.2) is 11.5 Å². The second-order valence-electron chi connectivity index (χ2n) is 4.06. The van der Waals surface area contributed by atoms with Crippen molar-refractivity contribution < 1.29 is 9.90 Å². The SMILES string of the molecule is N#Cc1nccnc1NCc1ccccc1CC(=O)O. The summed E-state index contributed by atoms with van der Waals surface area (Å²) in [5.41, 5.74) is 1.79. The number of hydrogen-bond acceptors (Lipinski definition) is 5. The van der Waals surface area contributed by atoms with E-state index in [-0.39, 0.29) is 12.1 Å². The normalized spacial score (nSPS) is 9.75. The van der Waals surface area contributed by atoms with E-state index in [1.165, 1.54) is 12.4 Å². The number of nitrogens with one attached hydrogen (secondary N) is 1. The summed E-state index contributed by atoms with van der Waals surface area (Å²) in [5.74, 6) is -0.491. The third kappa shape index (κ3) is 3.29. The first-order valence-electron chi connectivity index (χ1n) is 5.94. The van der Waals surface area contributed by atoms with Gasteiger partial charge in [0.25, 0.3) is 0 Å². The van der Waals surface area contributed by atoms with Crippen molar-refractivity contribution in [1.29, 1.82) is 5.26 Å². The van der Waals surface area contributed by atoms with Crippen molar-refractivity contribution in [3.63, 3.8) is 0 Å². The van der Waals surface area contributed by atoms with E-state index < -0.39 is 5.97 Å². The quantitative estimate of drug-likeness (QED) is 0.854.